The lowest BCUT2D eigenvalue weighted by Crippen LogP contribution is -2.58. The van der Waals surface area contributed by atoms with Gasteiger partial charge in [0.15, 0.2) is 0 Å². The van der Waals surface area contributed by atoms with Crippen molar-refractivity contribution >= 4 is 18.0 Å². The first-order valence-electron chi connectivity index (χ1n) is 9.70. The largest absolute Gasteiger partial charge is 0.461 e. The topological polar surface area (TPSA) is 87.7 Å². The van der Waals surface area contributed by atoms with Crippen molar-refractivity contribution in [2.75, 3.05) is 0 Å². The first-order chi connectivity index (χ1) is 13.0. The zero-order chi connectivity index (χ0) is 19.3. The fraction of sp³-hybridized carbons (Fsp3) is 0.524. The van der Waals surface area contributed by atoms with Gasteiger partial charge >= 0.3 is 5.97 Å². The molecule has 2 aliphatic carbocycles. The highest BCUT2D eigenvalue weighted by Crippen LogP contribution is 2.35. The zero-order valence-electron chi connectivity index (χ0n) is 15.8. The maximum Gasteiger partial charge on any atom is 0.326 e. The number of esters is 1. The van der Waals surface area contributed by atoms with Gasteiger partial charge in [-0.15, -0.1) is 0 Å². The fourth-order valence-electron chi connectivity index (χ4n) is 3.75. The number of hydroxylamine groups is 1. The highest BCUT2D eigenvalue weighted by Gasteiger charge is 2.46. The molecule has 1 amide bonds. The third-order valence-corrected chi connectivity index (χ3v) is 5.69. The molecule has 0 heterocycles. The predicted octanol–water partition coefficient (Wildman–Crippen LogP) is 3.01. The van der Waals surface area contributed by atoms with Crippen LogP contribution in [0, 0.1) is 6.92 Å². The van der Waals surface area contributed by atoms with E-state index in [-0.39, 0.29) is 12.1 Å². The number of aryl methyl sites for hydroxylation is 1. The Kier molecular flexibility index (Phi) is 6.29. The highest BCUT2D eigenvalue weighted by atomic mass is 16.5. The Balaban J connectivity index is 1.60. The van der Waals surface area contributed by atoms with Crippen molar-refractivity contribution in [2.45, 2.75) is 70.1 Å². The Morgan fingerprint density at radius 1 is 1.26 bits per heavy atom. The van der Waals surface area contributed by atoms with Crippen LogP contribution in [0.25, 0.3) is 6.08 Å². The van der Waals surface area contributed by atoms with Gasteiger partial charge in [-0.1, -0.05) is 18.2 Å². The zero-order valence-corrected chi connectivity index (χ0v) is 15.8. The third-order valence-electron chi connectivity index (χ3n) is 5.69. The Morgan fingerprint density at radius 2 is 2.00 bits per heavy atom. The highest BCUT2D eigenvalue weighted by molar-refractivity contribution is 5.90. The van der Waals surface area contributed by atoms with Crippen LogP contribution in [0.1, 0.15) is 61.6 Å². The molecule has 0 bridgehead atoms. The molecule has 0 atom stereocenters. The van der Waals surface area contributed by atoms with Gasteiger partial charge in [-0.3, -0.25) is 20.1 Å². The first kappa shape index (κ1) is 19.6. The van der Waals surface area contributed by atoms with Gasteiger partial charge in [0.25, 0.3) is 5.91 Å². The van der Waals surface area contributed by atoms with Gasteiger partial charge in [0.2, 0.25) is 0 Å². The van der Waals surface area contributed by atoms with Gasteiger partial charge in [0.1, 0.15) is 11.6 Å². The summed E-state index contributed by atoms with van der Waals surface area (Å²) >= 11 is 0. The molecule has 2 fully saturated rings. The van der Waals surface area contributed by atoms with Crippen molar-refractivity contribution in [1.82, 2.24) is 10.8 Å². The lowest BCUT2D eigenvalue weighted by Gasteiger charge is -2.41. The van der Waals surface area contributed by atoms with Crippen LogP contribution in [0.15, 0.2) is 24.3 Å². The molecule has 0 aliphatic heterocycles. The summed E-state index contributed by atoms with van der Waals surface area (Å²) in [7, 11) is 0. The van der Waals surface area contributed by atoms with E-state index in [4.69, 9.17) is 9.94 Å². The predicted molar refractivity (Wildman–Crippen MR) is 102 cm³/mol. The molecule has 0 radical (unpaired) electrons. The summed E-state index contributed by atoms with van der Waals surface area (Å²) < 4.78 is 5.75. The van der Waals surface area contributed by atoms with E-state index >= 15 is 0 Å². The molecule has 3 rings (SSSR count). The van der Waals surface area contributed by atoms with E-state index in [1.165, 1.54) is 6.08 Å². The van der Waals surface area contributed by atoms with Gasteiger partial charge in [-0.2, -0.15) is 0 Å². The number of hydrogen-bond acceptors (Lipinski definition) is 5. The van der Waals surface area contributed by atoms with Crippen LogP contribution in [0.3, 0.4) is 0 Å². The number of rotatable bonds is 7. The van der Waals surface area contributed by atoms with Crippen LogP contribution < -0.4 is 10.8 Å². The minimum atomic E-state index is -0.564. The number of nitrogens with one attached hydrogen (secondary N) is 2. The molecule has 0 saturated heterocycles. The van der Waals surface area contributed by atoms with Crippen LogP contribution in [-0.2, 0) is 20.9 Å². The average molecular weight is 372 g/mol. The van der Waals surface area contributed by atoms with E-state index in [1.54, 1.807) is 11.6 Å². The van der Waals surface area contributed by atoms with E-state index in [2.05, 4.69) is 5.32 Å². The van der Waals surface area contributed by atoms with Crippen molar-refractivity contribution in [3.63, 3.8) is 0 Å². The molecule has 1 aromatic carbocycles. The Labute approximate surface area is 159 Å². The van der Waals surface area contributed by atoms with Crippen LogP contribution in [0.2, 0.25) is 0 Å². The molecule has 3 N–H and O–H groups in total. The lowest BCUT2D eigenvalue weighted by molar-refractivity contribution is -0.161. The van der Waals surface area contributed by atoms with Crippen molar-refractivity contribution < 1.29 is 19.5 Å². The van der Waals surface area contributed by atoms with Crippen LogP contribution >= 0.6 is 0 Å². The van der Waals surface area contributed by atoms with E-state index < -0.39 is 11.4 Å². The minimum Gasteiger partial charge on any atom is -0.461 e. The number of carbonyl (C=O) groups excluding carboxylic acids is 2. The maximum atomic E-state index is 12.7. The normalized spacial score (nSPS) is 19.0. The Hall–Kier alpha value is -2.18. The molecule has 0 spiro atoms. The first-order valence-corrected chi connectivity index (χ1v) is 9.70. The number of benzene rings is 1. The summed E-state index contributed by atoms with van der Waals surface area (Å²) in [6, 6.07) is 5.88. The second-order valence-corrected chi connectivity index (χ2v) is 7.60. The molecular weight excluding hydrogens is 344 g/mol. The van der Waals surface area contributed by atoms with Crippen molar-refractivity contribution in [1.29, 1.82) is 0 Å². The molecule has 0 aromatic heterocycles. The fourth-order valence-corrected chi connectivity index (χ4v) is 3.75. The van der Waals surface area contributed by atoms with Crippen LogP contribution in [-0.4, -0.2) is 28.7 Å². The summed E-state index contributed by atoms with van der Waals surface area (Å²) in [6.45, 7) is 2.61. The SMILES string of the molecule is Cc1cc(/C=C/C(=O)NO)ccc1CNC1(C(=O)OC2CCCC2)CCC1. The molecule has 146 valence electrons. The van der Waals surface area contributed by atoms with E-state index in [0.717, 1.165) is 61.6 Å². The summed E-state index contributed by atoms with van der Waals surface area (Å²) in [5.41, 5.74) is 4.09. The minimum absolute atomic E-state index is 0.0899. The van der Waals surface area contributed by atoms with E-state index in [9.17, 15) is 9.59 Å². The second kappa shape index (κ2) is 8.67. The number of carbonyl (C=O) groups is 2. The monoisotopic (exact) mass is 372 g/mol. The lowest BCUT2D eigenvalue weighted by atomic mass is 9.76. The number of amides is 1. The average Bonchev–Trinajstić information content (AvgIpc) is 3.13. The second-order valence-electron chi connectivity index (χ2n) is 7.60. The molecule has 0 unspecified atom stereocenters. The van der Waals surface area contributed by atoms with Gasteiger partial charge in [0.05, 0.1) is 0 Å². The molecule has 1 aromatic rings. The molecule has 2 saturated carbocycles. The third kappa shape index (κ3) is 4.76. The smallest absolute Gasteiger partial charge is 0.326 e. The van der Waals surface area contributed by atoms with Gasteiger partial charge in [0, 0.05) is 12.6 Å². The van der Waals surface area contributed by atoms with Gasteiger partial charge < -0.3 is 4.74 Å². The molecule has 27 heavy (non-hydrogen) atoms. The number of ether oxygens (including phenoxy) is 1. The quantitative estimate of drug-likeness (QED) is 0.296. The number of hydrogen-bond donors (Lipinski definition) is 3. The van der Waals surface area contributed by atoms with Crippen molar-refractivity contribution in [3.8, 4) is 0 Å². The standard InChI is InChI=1S/C21H28N2O4/c1-15-13-16(8-10-19(24)23-26)7-9-17(15)14-22-21(11-4-12-21)20(25)27-18-5-2-3-6-18/h7-10,13,18,22,26H,2-6,11-12,14H2,1H3,(H,23,24)/b10-8+. The maximum absolute atomic E-state index is 12.7. The van der Waals surface area contributed by atoms with Crippen LogP contribution in [0.4, 0.5) is 0 Å². The van der Waals surface area contributed by atoms with E-state index in [0.29, 0.717) is 6.54 Å². The Bertz CT molecular complexity index is 719. The van der Waals surface area contributed by atoms with Gasteiger partial charge in [-0.05, 0) is 74.6 Å². The Morgan fingerprint density at radius 3 is 2.59 bits per heavy atom. The van der Waals surface area contributed by atoms with Crippen LogP contribution in [0.5, 0.6) is 0 Å². The van der Waals surface area contributed by atoms with Gasteiger partial charge in [-0.25, -0.2) is 5.48 Å². The summed E-state index contributed by atoms with van der Waals surface area (Å²) in [5, 5.41) is 12.0. The molecule has 2 aliphatic rings. The molecule has 6 nitrogen and oxygen atoms in total. The van der Waals surface area contributed by atoms with Crippen molar-refractivity contribution in [3.05, 3.63) is 41.0 Å². The van der Waals surface area contributed by atoms with E-state index in [1.807, 2.05) is 25.1 Å². The summed E-state index contributed by atoms with van der Waals surface area (Å²) in [5.74, 6) is -0.654. The summed E-state index contributed by atoms with van der Waals surface area (Å²) in [4.78, 5) is 23.8. The van der Waals surface area contributed by atoms with Crippen molar-refractivity contribution in [2.24, 2.45) is 0 Å². The molecular formula is C21H28N2O4. The summed E-state index contributed by atoms with van der Waals surface area (Å²) in [6.07, 6.45) is 9.99. The molecule has 6 heteroatoms.